The Labute approximate surface area is 190 Å². The molecule has 0 amide bonds. The lowest BCUT2D eigenvalue weighted by Crippen LogP contribution is -2.42. The summed E-state index contributed by atoms with van der Waals surface area (Å²) in [4.78, 5) is 6.52. The van der Waals surface area contributed by atoms with E-state index in [1.165, 1.54) is 12.1 Å². The third kappa shape index (κ3) is 7.08. The number of para-hydroxylation sites is 1. The molecule has 2 heterocycles. The van der Waals surface area contributed by atoms with Crippen LogP contribution < -0.4 is 15.4 Å². The van der Waals surface area contributed by atoms with Gasteiger partial charge >= 0.3 is 6.36 Å². The van der Waals surface area contributed by atoms with Crippen molar-refractivity contribution in [3.63, 3.8) is 0 Å². The quantitative estimate of drug-likeness (QED) is 0.313. The van der Waals surface area contributed by atoms with Crippen LogP contribution in [0.4, 0.5) is 13.2 Å². The van der Waals surface area contributed by atoms with E-state index in [2.05, 4.69) is 25.3 Å². The van der Waals surface area contributed by atoms with Crippen molar-refractivity contribution in [2.24, 2.45) is 4.99 Å². The predicted octanol–water partition coefficient (Wildman–Crippen LogP) is 4.30. The monoisotopic (exact) mass is 538 g/mol. The standard InChI is InChI=1S/C20H25F3N4O2.HI/c1-24-19(25-13-15-7-2-3-8-17(15)29-20(21,22)23)26-14-16(18-9-6-12-28-18)27-10-4-5-11-27;/h2-3,6-9,12,16H,4-5,10-11,13-14H2,1H3,(H2,24,25,26);1H. The molecule has 1 saturated heterocycles. The lowest BCUT2D eigenvalue weighted by Gasteiger charge is -2.26. The summed E-state index contributed by atoms with van der Waals surface area (Å²) in [5.74, 6) is 1.13. The minimum Gasteiger partial charge on any atom is -0.468 e. The summed E-state index contributed by atoms with van der Waals surface area (Å²) >= 11 is 0. The fourth-order valence-corrected chi connectivity index (χ4v) is 3.41. The average molecular weight is 538 g/mol. The molecule has 3 rings (SSSR count). The molecular formula is C20H26F3IN4O2. The van der Waals surface area contributed by atoms with Crippen LogP contribution in [-0.4, -0.2) is 43.9 Å². The van der Waals surface area contributed by atoms with E-state index in [0.29, 0.717) is 18.1 Å². The number of ether oxygens (including phenoxy) is 1. The van der Waals surface area contributed by atoms with Crippen LogP contribution in [0, 0.1) is 0 Å². The van der Waals surface area contributed by atoms with Gasteiger partial charge in [0.2, 0.25) is 0 Å². The van der Waals surface area contributed by atoms with Gasteiger partial charge in [0.15, 0.2) is 5.96 Å². The molecule has 2 aromatic rings. The summed E-state index contributed by atoms with van der Waals surface area (Å²) < 4.78 is 47.5. The average Bonchev–Trinajstić information content (AvgIpc) is 3.39. The van der Waals surface area contributed by atoms with Crippen LogP contribution in [0.25, 0.3) is 0 Å². The topological polar surface area (TPSA) is 62.0 Å². The molecule has 1 aliphatic rings. The van der Waals surface area contributed by atoms with Gasteiger partial charge in [-0.25, -0.2) is 0 Å². The molecule has 0 radical (unpaired) electrons. The van der Waals surface area contributed by atoms with Gasteiger partial charge in [0, 0.05) is 25.7 Å². The molecule has 0 aliphatic carbocycles. The molecule has 1 aliphatic heterocycles. The van der Waals surface area contributed by atoms with Crippen molar-refractivity contribution in [1.29, 1.82) is 0 Å². The van der Waals surface area contributed by atoms with Crippen LogP contribution in [0.3, 0.4) is 0 Å². The summed E-state index contributed by atoms with van der Waals surface area (Å²) in [6, 6.07) is 9.91. The van der Waals surface area contributed by atoms with Crippen molar-refractivity contribution >= 4 is 29.9 Å². The van der Waals surface area contributed by atoms with Crippen molar-refractivity contribution in [2.45, 2.75) is 31.8 Å². The first-order valence-electron chi connectivity index (χ1n) is 9.52. The van der Waals surface area contributed by atoms with Gasteiger partial charge in [0.1, 0.15) is 11.5 Å². The number of alkyl halides is 3. The van der Waals surface area contributed by atoms with E-state index >= 15 is 0 Å². The van der Waals surface area contributed by atoms with Crippen LogP contribution in [0.5, 0.6) is 5.75 Å². The van der Waals surface area contributed by atoms with Crippen molar-refractivity contribution < 1.29 is 22.3 Å². The Bertz CT molecular complexity index is 794. The van der Waals surface area contributed by atoms with Crippen molar-refractivity contribution in [1.82, 2.24) is 15.5 Å². The van der Waals surface area contributed by atoms with Gasteiger partial charge < -0.3 is 19.8 Å². The number of guanidine groups is 1. The molecule has 6 nitrogen and oxygen atoms in total. The summed E-state index contributed by atoms with van der Waals surface area (Å²) in [6.45, 7) is 2.71. The number of nitrogens with one attached hydrogen (secondary N) is 2. The Morgan fingerprint density at radius 3 is 2.53 bits per heavy atom. The maximum Gasteiger partial charge on any atom is 0.573 e. The van der Waals surface area contributed by atoms with Gasteiger partial charge in [0.05, 0.1) is 12.3 Å². The number of hydrogen-bond donors (Lipinski definition) is 2. The largest absolute Gasteiger partial charge is 0.573 e. The molecule has 0 saturated carbocycles. The first-order chi connectivity index (χ1) is 14.0. The maximum atomic E-state index is 12.6. The number of halogens is 4. The molecule has 166 valence electrons. The van der Waals surface area contributed by atoms with Crippen LogP contribution in [0.2, 0.25) is 0 Å². The molecule has 10 heteroatoms. The first kappa shape index (κ1) is 24.3. The van der Waals surface area contributed by atoms with E-state index in [1.54, 1.807) is 25.4 Å². The summed E-state index contributed by atoms with van der Waals surface area (Å²) in [7, 11) is 1.62. The zero-order valence-corrected chi connectivity index (χ0v) is 18.9. The molecule has 1 aromatic heterocycles. The van der Waals surface area contributed by atoms with Gasteiger partial charge in [-0.3, -0.25) is 9.89 Å². The van der Waals surface area contributed by atoms with Gasteiger partial charge in [-0.15, -0.1) is 37.1 Å². The van der Waals surface area contributed by atoms with Gasteiger partial charge in [0.25, 0.3) is 0 Å². The number of hydrogen-bond acceptors (Lipinski definition) is 4. The Hall–Kier alpha value is -1.95. The summed E-state index contributed by atoms with van der Waals surface area (Å²) in [5.41, 5.74) is 0.384. The highest BCUT2D eigenvalue weighted by molar-refractivity contribution is 14.0. The van der Waals surface area contributed by atoms with Gasteiger partial charge in [-0.1, -0.05) is 18.2 Å². The highest BCUT2D eigenvalue weighted by atomic mass is 127. The van der Waals surface area contributed by atoms with E-state index < -0.39 is 6.36 Å². The first-order valence-corrected chi connectivity index (χ1v) is 9.52. The molecule has 1 atom stereocenters. The fourth-order valence-electron chi connectivity index (χ4n) is 3.41. The molecule has 1 unspecified atom stereocenters. The Morgan fingerprint density at radius 2 is 1.90 bits per heavy atom. The number of benzene rings is 1. The molecule has 1 fully saturated rings. The molecule has 2 N–H and O–H groups in total. The van der Waals surface area contributed by atoms with E-state index in [0.717, 1.165) is 31.7 Å². The second kappa shape index (κ2) is 11.4. The van der Waals surface area contributed by atoms with Crippen LogP contribution in [-0.2, 0) is 6.54 Å². The Morgan fingerprint density at radius 1 is 1.17 bits per heavy atom. The second-order valence-corrected chi connectivity index (χ2v) is 6.74. The highest BCUT2D eigenvalue weighted by Crippen LogP contribution is 2.26. The number of rotatable bonds is 7. The van der Waals surface area contributed by atoms with Crippen LogP contribution >= 0.6 is 24.0 Å². The van der Waals surface area contributed by atoms with E-state index in [1.807, 2.05) is 12.1 Å². The highest BCUT2D eigenvalue weighted by Gasteiger charge is 2.32. The molecule has 0 bridgehead atoms. The van der Waals surface area contributed by atoms with Crippen LogP contribution in [0.1, 0.15) is 30.2 Å². The maximum absolute atomic E-state index is 12.6. The summed E-state index contributed by atoms with van der Waals surface area (Å²) in [6.07, 6.45) is -0.772. The minimum atomic E-state index is -4.73. The Kier molecular flexibility index (Phi) is 9.28. The van der Waals surface area contributed by atoms with Gasteiger partial charge in [-0.2, -0.15) is 0 Å². The minimum absolute atomic E-state index is 0. The number of furan rings is 1. The zero-order chi connectivity index (χ0) is 20.7. The second-order valence-electron chi connectivity index (χ2n) is 6.74. The number of aliphatic imine (C=N–C) groups is 1. The number of nitrogens with zero attached hydrogens (tertiary/aromatic N) is 2. The third-order valence-electron chi connectivity index (χ3n) is 4.78. The van der Waals surface area contributed by atoms with E-state index in [-0.39, 0.29) is 42.3 Å². The molecular weight excluding hydrogens is 512 g/mol. The SMILES string of the molecule is CN=C(NCc1ccccc1OC(F)(F)F)NCC(c1ccco1)N1CCCC1.I. The smallest absolute Gasteiger partial charge is 0.468 e. The van der Waals surface area contributed by atoms with Crippen molar-refractivity contribution in [2.75, 3.05) is 26.7 Å². The Balaban J connectivity index is 0.00000320. The van der Waals surface area contributed by atoms with Crippen LogP contribution in [0.15, 0.2) is 52.1 Å². The fraction of sp³-hybridized carbons (Fsp3) is 0.450. The molecule has 1 aromatic carbocycles. The molecule has 30 heavy (non-hydrogen) atoms. The van der Waals surface area contributed by atoms with Gasteiger partial charge in [-0.05, 0) is 44.1 Å². The molecule has 0 spiro atoms. The third-order valence-corrected chi connectivity index (χ3v) is 4.78. The number of likely N-dealkylation sites (tertiary alicyclic amines) is 1. The van der Waals surface area contributed by atoms with E-state index in [4.69, 9.17) is 4.42 Å². The lowest BCUT2D eigenvalue weighted by atomic mass is 10.2. The van der Waals surface area contributed by atoms with E-state index in [9.17, 15) is 13.2 Å². The summed E-state index contributed by atoms with van der Waals surface area (Å²) in [5, 5.41) is 6.29. The lowest BCUT2D eigenvalue weighted by molar-refractivity contribution is -0.274. The predicted molar refractivity (Wildman–Crippen MR) is 119 cm³/mol. The zero-order valence-electron chi connectivity index (χ0n) is 16.6. The van der Waals surface area contributed by atoms with Crippen molar-refractivity contribution in [3.8, 4) is 5.75 Å². The normalized spacial score (nSPS) is 16.1. The van der Waals surface area contributed by atoms with Crippen molar-refractivity contribution in [3.05, 3.63) is 54.0 Å².